The first-order chi connectivity index (χ1) is 17.8. The Balaban J connectivity index is 0.000000708. The topological polar surface area (TPSA) is 69.6 Å². The summed E-state index contributed by atoms with van der Waals surface area (Å²) in [5, 5.41) is 11.5. The van der Waals surface area contributed by atoms with Crippen LogP contribution >= 0.6 is 0 Å². The molecule has 37 heavy (non-hydrogen) atoms. The van der Waals surface area contributed by atoms with Crippen molar-refractivity contribution in [1.82, 2.24) is 4.90 Å². The van der Waals surface area contributed by atoms with Crippen molar-refractivity contribution in [2.24, 2.45) is 0 Å². The summed E-state index contributed by atoms with van der Waals surface area (Å²) in [4.78, 5) is 24.3. The molecule has 210 valence electrons. The van der Waals surface area contributed by atoms with E-state index in [0.29, 0.717) is 13.0 Å². The van der Waals surface area contributed by atoms with Gasteiger partial charge in [0.2, 0.25) is 5.91 Å². The monoisotopic (exact) mass is 514 g/mol. The zero-order valence-electron chi connectivity index (χ0n) is 24.4. The first kappa shape index (κ1) is 34.6. The van der Waals surface area contributed by atoms with E-state index in [1.165, 1.54) is 44.9 Å². The molecule has 0 fully saturated rings. The van der Waals surface area contributed by atoms with Gasteiger partial charge in [0.25, 0.3) is 0 Å². The van der Waals surface area contributed by atoms with Crippen LogP contribution in [0.3, 0.4) is 0 Å². The summed E-state index contributed by atoms with van der Waals surface area (Å²) in [7, 11) is 0. The van der Waals surface area contributed by atoms with E-state index < -0.39 is 5.97 Å². The molecule has 1 amide bonds. The molecule has 0 saturated heterocycles. The van der Waals surface area contributed by atoms with Gasteiger partial charge in [-0.15, -0.1) is 0 Å². The number of aliphatic carboxylic acids is 1. The van der Waals surface area contributed by atoms with Crippen molar-refractivity contribution in [1.29, 1.82) is 0 Å². The van der Waals surface area contributed by atoms with Crippen molar-refractivity contribution in [3.8, 4) is 0 Å². The normalized spacial score (nSPS) is 11.2. The average Bonchev–Trinajstić information content (AvgIpc) is 2.87. The standard InChI is InChI=1S/C18H32O2.C14H22N2O/c1-2-3-4-5-6-7-8-9-10-11-12-13-14-15-16-17-18(19)20;1-5-16(6-2)10-13(17)15-14-11(3)8-7-9-12(14)4/h6-7,9-10H,2-5,8,11-17H2,1H3,(H,19,20);7-9H,5-6,10H2,1-4H3,(H,15,17)/b7-6-,10-9-;. The van der Waals surface area contributed by atoms with E-state index in [2.05, 4.69) is 55.3 Å². The maximum Gasteiger partial charge on any atom is 0.303 e. The van der Waals surface area contributed by atoms with E-state index in [4.69, 9.17) is 5.11 Å². The van der Waals surface area contributed by atoms with Crippen LogP contribution in [-0.4, -0.2) is 41.5 Å². The number of carbonyl (C=O) groups is 2. The second kappa shape index (κ2) is 24.0. The highest BCUT2D eigenvalue weighted by Gasteiger charge is 2.10. The van der Waals surface area contributed by atoms with Crippen molar-refractivity contribution in [3.63, 3.8) is 0 Å². The molecule has 0 aliphatic heterocycles. The van der Waals surface area contributed by atoms with Crippen LogP contribution in [0.1, 0.15) is 109 Å². The van der Waals surface area contributed by atoms with Crippen molar-refractivity contribution in [2.75, 3.05) is 25.0 Å². The summed E-state index contributed by atoms with van der Waals surface area (Å²) in [6.07, 6.45) is 22.3. The number of unbranched alkanes of at least 4 members (excludes halogenated alkanes) is 8. The predicted molar refractivity (Wildman–Crippen MR) is 159 cm³/mol. The third kappa shape index (κ3) is 20.4. The molecule has 0 spiro atoms. The van der Waals surface area contributed by atoms with Crippen LogP contribution < -0.4 is 5.32 Å². The molecule has 0 aliphatic carbocycles. The number of nitrogens with zero attached hydrogens (tertiary/aromatic N) is 1. The van der Waals surface area contributed by atoms with Crippen LogP contribution in [-0.2, 0) is 9.59 Å². The fourth-order valence-electron chi connectivity index (χ4n) is 3.93. The van der Waals surface area contributed by atoms with Gasteiger partial charge in [0.15, 0.2) is 0 Å². The predicted octanol–water partition coefficient (Wildman–Crippen LogP) is 8.47. The maximum atomic E-state index is 11.9. The van der Waals surface area contributed by atoms with E-state index in [-0.39, 0.29) is 5.91 Å². The average molecular weight is 515 g/mol. The molecule has 0 atom stereocenters. The zero-order chi connectivity index (χ0) is 27.7. The summed E-state index contributed by atoms with van der Waals surface area (Å²) in [5.41, 5.74) is 3.17. The molecule has 1 aromatic rings. The number of rotatable bonds is 19. The Hall–Kier alpha value is -2.40. The van der Waals surface area contributed by atoms with Gasteiger partial charge in [0.1, 0.15) is 0 Å². The first-order valence-corrected chi connectivity index (χ1v) is 14.5. The minimum absolute atomic E-state index is 0.0612. The lowest BCUT2D eigenvalue weighted by Gasteiger charge is -2.18. The van der Waals surface area contributed by atoms with Gasteiger partial charge in [0.05, 0.1) is 6.54 Å². The maximum absolute atomic E-state index is 11.9. The second-order valence-corrected chi connectivity index (χ2v) is 9.65. The number of para-hydroxylation sites is 1. The lowest BCUT2D eigenvalue weighted by atomic mass is 10.1. The Kier molecular flexibility index (Phi) is 22.4. The Morgan fingerprint density at radius 2 is 1.35 bits per heavy atom. The molecule has 0 aromatic heterocycles. The van der Waals surface area contributed by atoms with Gasteiger partial charge in [0, 0.05) is 12.1 Å². The molecule has 0 bridgehead atoms. The number of carboxylic acid groups (broad SMARTS) is 1. The van der Waals surface area contributed by atoms with Gasteiger partial charge < -0.3 is 10.4 Å². The van der Waals surface area contributed by atoms with E-state index in [1.54, 1.807) is 0 Å². The molecule has 0 saturated carbocycles. The smallest absolute Gasteiger partial charge is 0.303 e. The Labute approximate surface area is 227 Å². The Bertz CT molecular complexity index is 762. The molecular formula is C32H54N2O3. The van der Waals surface area contributed by atoms with Gasteiger partial charge >= 0.3 is 5.97 Å². The van der Waals surface area contributed by atoms with Gasteiger partial charge in [-0.1, -0.05) is 95.4 Å². The number of anilines is 1. The van der Waals surface area contributed by atoms with Crippen LogP contribution in [0.25, 0.3) is 0 Å². The fraction of sp³-hybridized carbons (Fsp3) is 0.625. The summed E-state index contributed by atoms with van der Waals surface area (Å²) < 4.78 is 0. The molecule has 0 radical (unpaired) electrons. The number of allylic oxidation sites excluding steroid dienone is 4. The van der Waals surface area contributed by atoms with Gasteiger partial charge in [-0.3, -0.25) is 14.5 Å². The highest BCUT2D eigenvalue weighted by Crippen LogP contribution is 2.19. The van der Waals surface area contributed by atoms with Gasteiger partial charge in [-0.05, 0) is 76.6 Å². The van der Waals surface area contributed by atoms with E-state index in [1.807, 2.05) is 32.0 Å². The number of aryl methyl sites for hydroxylation is 2. The molecule has 1 rings (SSSR count). The lowest BCUT2D eigenvalue weighted by molar-refractivity contribution is -0.137. The Morgan fingerprint density at radius 1 is 0.811 bits per heavy atom. The summed E-state index contributed by atoms with van der Waals surface area (Å²) in [5.74, 6) is -0.609. The molecule has 0 heterocycles. The van der Waals surface area contributed by atoms with Crippen LogP contribution in [0, 0.1) is 13.8 Å². The number of hydrogen-bond donors (Lipinski definition) is 2. The quantitative estimate of drug-likeness (QED) is 0.143. The fourth-order valence-corrected chi connectivity index (χ4v) is 3.93. The molecule has 1 aromatic carbocycles. The molecule has 0 aliphatic rings. The molecule has 0 unspecified atom stereocenters. The van der Waals surface area contributed by atoms with Crippen molar-refractivity contribution >= 4 is 17.6 Å². The van der Waals surface area contributed by atoms with Crippen molar-refractivity contribution in [3.05, 3.63) is 53.6 Å². The van der Waals surface area contributed by atoms with Gasteiger partial charge in [-0.25, -0.2) is 0 Å². The van der Waals surface area contributed by atoms with Crippen LogP contribution in [0.2, 0.25) is 0 Å². The number of nitrogens with one attached hydrogen (secondary N) is 1. The van der Waals surface area contributed by atoms with Crippen LogP contribution in [0.4, 0.5) is 5.69 Å². The summed E-state index contributed by atoms with van der Waals surface area (Å²) in [6.45, 7) is 12.7. The molecule has 5 nitrogen and oxygen atoms in total. The first-order valence-electron chi connectivity index (χ1n) is 14.5. The molecular weight excluding hydrogens is 460 g/mol. The number of amides is 1. The van der Waals surface area contributed by atoms with E-state index >= 15 is 0 Å². The van der Waals surface area contributed by atoms with Crippen LogP contribution in [0.15, 0.2) is 42.5 Å². The second-order valence-electron chi connectivity index (χ2n) is 9.65. The number of benzene rings is 1. The third-order valence-corrected chi connectivity index (χ3v) is 6.35. The van der Waals surface area contributed by atoms with Crippen molar-refractivity contribution in [2.45, 2.75) is 112 Å². The van der Waals surface area contributed by atoms with E-state index in [0.717, 1.165) is 55.6 Å². The summed E-state index contributed by atoms with van der Waals surface area (Å²) >= 11 is 0. The Morgan fingerprint density at radius 3 is 1.89 bits per heavy atom. The number of carbonyl (C=O) groups excluding carboxylic acids is 1. The highest BCUT2D eigenvalue weighted by molar-refractivity contribution is 5.93. The van der Waals surface area contributed by atoms with E-state index in [9.17, 15) is 9.59 Å². The SMILES string of the molecule is CCCCC/C=C\C/C=C\CCCCCCCC(=O)O.CCN(CC)CC(=O)Nc1c(C)cccc1C. The van der Waals surface area contributed by atoms with Gasteiger partial charge in [-0.2, -0.15) is 0 Å². The number of carboxylic acids is 1. The minimum Gasteiger partial charge on any atom is -0.481 e. The largest absolute Gasteiger partial charge is 0.481 e. The zero-order valence-corrected chi connectivity index (χ0v) is 24.4. The highest BCUT2D eigenvalue weighted by atomic mass is 16.4. The van der Waals surface area contributed by atoms with Crippen molar-refractivity contribution < 1.29 is 14.7 Å². The number of hydrogen-bond acceptors (Lipinski definition) is 3. The minimum atomic E-state index is -0.671. The third-order valence-electron chi connectivity index (χ3n) is 6.35. The molecule has 5 heteroatoms. The molecule has 2 N–H and O–H groups in total. The van der Waals surface area contributed by atoms with Crippen LogP contribution in [0.5, 0.6) is 0 Å². The number of likely N-dealkylation sites (N-methyl/N-ethyl adjacent to an activating group) is 1. The summed E-state index contributed by atoms with van der Waals surface area (Å²) in [6, 6.07) is 6.03. The lowest BCUT2D eigenvalue weighted by Crippen LogP contribution is -2.33.